The van der Waals surface area contributed by atoms with E-state index in [9.17, 15) is 66.1 Å². The topological polar surface area (TPSA) is 315 Å². The van der Waals surface area contributed by atoms with Gasteiger partial charge in [-0.05, 0) is 104 Å². The van der Waals surface area contributed by atoms with Gasteiger partial charge in [0.05, 0.1) is 36.9 Å². The molecular formula is C47H76O19. The molecule has 27 atom stereocenters. The molecule has 3 aliphatic heterocycles. The van der Waals surface area contributed by atoms with Gasteiger partial charge in [-0.15, -0.1) is 0 Å². The third kappa shape index (κ3) is 7.86. The molecule has 19 heteroatoms. The molecule has 4 saturated carbocycles. The maximum atomic E-state index is 15.0. The number of hydrogen-bond acceptors (Lipinski definition) is 19. The van der Waals surface area contributed by atoms with Crippen molar-refractivity contribution >= 4 is 5.97 Å². The van der Waals surface area contributed by atoms with E-state index in [-0.39, 0.29) is 52.4 Å². The monoisotopic (exact) mass is 944 g/mol. The molecule has 8 rings (SSSR count). The molecular weight excluding hydrogens is 868 g/mol. The highest BCUT2D eigenvalue weighted by Gasteiger charge is 2.70. The molecule has 0 amide bonds. The second-order valence-corrected chi connectivity index (χ2v) is 22.2. The largest absolute Gasteiger partial charge is 0.432 e. The van der Waals surface area contributed by atoms with E-state index in [1.165, 1.54) is 12.5 Å². The van der Waals surface area contributed by atoms with E-state index in [0.29, 0.717) is 32.1 Å². The predicted molar refractivity (Wildman–Crippen MR) is 227 cm³/mol. The number of esters is 1. The van der Waals surface area contributed by atoms with Crippen LogP contribution in [0.3, 0.4) is 0 Å². The van der Waals surface area contributed by atoms with Crippen LogP contribution < -0.4 is 0 Å². The van der Waals surface area contributed by atoms with Crippen molar-refractivity contribution < 1.29 is 94.5 Å². The summed E-state index contributed by atoms with van der Waals surface area (Å²) in [6.45, 7) is 11.1. The van der Waals surface area contributed by atoms with Crippen LogP contribution in [0.5, 0.6) is 0 Å². The Morgan fingerprint density at radius 1 is 0.697 bits per heavy atom. The molecule has 0 aromatic heterocycles. The summed E-state index contributed by atoms with van der Waals surface area (Å²) in [6, 6.07) is 0. The molecule has 27 unspecified atom stereocenters. The highest BCUT2D eigenvalue weighted by atomic mass is 16.8. The molecule has 8 aliphatic rings. The van der Waals surface area contributed by atoms with E-state index in [1.807, 2.05) is 0 Å². The average Bonchev–Trinajstić information content (AvgIpc) is 3.28. The van der Waals surface area contributed by atoms with Crippen LogP contribution in [0.4, 0.5) is 0 Å². The van der Waals surface area contributed by atoms with E-state index in [2.05, 4.69) is 40.7 Å². The van der Waals surface area contributed by atoms with Gasteiger partial charge in [-0.2, -0.15) is 0 Å². The summed E-state index contributed by atoms with van der Waals surface area (Å²) in [6.07, 6.45) is -18.7. The average molecular weight is 945 g/mol. The highest BCUT2D eigenvalue weighted by Crippen LogP contribution is 2.75. The Balaban J connectivity index is 0.979. The fourth-order valence-electron chi connectivity index (χ4n) is 14.8. The van der Waals surface area contributed by atoms with Gasteiger partial charge in [-0.25, -0.2) is 0 Å². The van der Waals surface area contributed by atoms with Crippen LogP contribution in [-0.2, 0) is 33.2 Å². The Hall–Kier alpha value is -1.47. The lowest BCUT2D eigenvalue weighted by Crippen LogP contribution is -2.66. The van der Waals surface area contributed by atoms with E-state index in [0.717, 1.165) is 19.3 Å². The van der Waals surface area contributed by atoms with Gasteiger partial charge in [0.2, 0.25) is 6.29 Å². The smallest absolute Gasteiger partial charge is 0.315 e. The first-order valence-electron chi connectivity index (χ1n) is 24.2. The number of rotatable bonds is 9. The Morgan fingerprint density at radius 2 is 1.35 bits per heavy atom. The number of allylic oxidation sites excluding steroid dienone is 2. The van der Waals surface area contributed by atoms with Crippen molar-refractivity contribution in [1.29, 1.82) is 0 Å². The third-order valence-electron chi connectivity index (χ3n) is 19.2. The molecule has 0 radical (unpaired) electrons. The number of ether oxygens (including phenoxy) is 6. The molecule has 0 bridgehead atoms. The van der Waals surface area contributed by atoms with Crippen molar-refractivity contribution in [3.63, 3.8) is 0 Å². The minimum absolute atomic E-state index is 0.0420. The standard InChI is InChI=1S/C47H76O19/c1-19-9-12-47(14-13-45(5)24(29(47)20(19)2)7-8-28-44(4)15-25(50)31(52)22(16-48)23(44)10-11-46(28,45)6)43(60)66-42-37(58)34(55)32(53)27(64-42)18-61-40-38(59)35(56)39(26(17-49)63-40)65-41-36(57)33(54)30(51)21(3)62-41/h7,19-23,25-42,48-59H,8-18H2,1-6H3. The van der Waals surface area contributed by atoms with Gasteiger partial charge < -0.3 is 89.7 Å². The van der Waals surface area contributed by atoms with Crippen LogP contribution in [0.25, 0.3) is 0 Å². The minimum Gasteiger partial charge on any atom is -0.432 e. The normalized spacial score (nSPS) is 56.2. The van der Waals surface area contributed by atoms with E-state index >= 15 is 0 Å². The number of fused-ring (bicyclic) bond motifs is 7. The van der Waals surface area contributed by atoms with E-state index in [1.54, 1.807) is 0 Å². The Morgan fingerprint density at radius 3 is 2.03 bits per heavy atom. The van der Waals surface area contributed by atoms with Crippen molar-refractivity contribution in [2.75, 3.05) is 19.8 Å². The number of carbonyl (C=O) groups is 1. The Kier molecular flexibility index (Phi) is 14.4. The SMILES string of the molecule is CC1CCC2(C(=O)OC3OC(COC4OC(CO)C(OC5OC(C)C(O)C(O)C5O)C(O)C4O)C(O)C(O)C3O)CCC3(C)C(=CCC4C5(C)CC(O)C(O)C(CO)C5CCC43C)C2C1C. The lowest BCUT2D eigenvalue weighted by atomic mass is 9.34. The second kappa shape index (κ2) is 18.6. The minimum atomic E-state index is -1.86. The first-order valence-corrected chi connectivity index (χ1v) is 24.2. The molecule has 7 fully saturated rings. The van der Waals surface area contributed by atoms with Gasteiger partial charge >= 0.3 is 5.97 Å². The fraction of sp³-hybridized carbons (Fsp3) is 0.936. The number of aliphatic hydroxyl groups is 12. The zero-order chi connectivity index (χ0) is 48.2. The van der Waals surface area contributed by atoms with E-state index in [4.69, 9.17) is 28.4 Å². The summed E-state index contributed by atoms with van der Waals surface area (Å²) in [5.74, 6) is -0.708. The molecule has 3 saturated heterocycles. The first-order chi connectivity index (χ1) is 31.0. The Labute approximate surface area is 385 Å². The van der Waals surface area contributed by atoms with Crippen LogP contribution in [-0.4, -0.2) is 191 Å². The lowest BCUT2D eigenvalue weighted by molar-refractivity contribution is -0.361. The molecule has 378 valence electrons. The Bertz CT molecular complexity index is 1770. The van der Waals surface area contributed by atoms with Gasteiger partial charge in [0.15, 0.2) is 12.6 Å². The molecule has 0 aromatic rings. The van der Waals surface area contributed by atoms with Crippen molar-refractivity contribution in [2.45, 2.75) is 197 Å². The molecule has 3 heterocycles. The van der Waals surface area contributed by atoms with Crippen LogP contribution in [0.15, 0.2) is 11.6 Å². The summed E-state index contributed by atoms with van der Waals surface area (Å²) in [5.41, 5.74) is -0.700. The zero-order valence-electron chi connectivity index (χ0n) is 38.9. The number of carbonyl (C=O) groups excluding carboxylic acids is 1. The first kappa shape index (κ1) is 50.9. The van der Waals surface area contributed by atoms with Gasteiger partial charge in [0.1, 0.15) is 67.1 Å². The maximum absolute atomic E-state index is 15.0. The molecule has 0 spiro atoms. The molecule has 19 nitrogen and oxygen atoms in total. The van der Waals surface area contributed by atoms with Gasteiger partial charge in [0.25, 0.3) is 0 Å². The summed E-state index contributed by atoms with van der Waals surface area (Å²) < 4.78 is 34.7. The second-order valence-electron chi connectivity index (χ2n) is 22.2. The van der Waals surface area contributed by atoms with Crippen molar-refractivity contribution in [3.8, 4) is 0 Å². The van der Waals surface area contributed by atoms with Crippen molar-refractivity contribution in [1.82, 2.24) is 0 Å². The van der Waals surface area contributed by atoms with Crippen LogP contribution in [0.2, 0.25) is 0 Å². The van der Waals surface area contributed by atoms with E-state index < -0.39 is 135 Å². The zero-order valence-corrected chi connectivity index (χ0v) is 38.9. The summed E-state index contributed by atoms with van der Waals surface area (Å²) in [5, 5.41) is 129. The van der Waals surface area contributed by atoms with Crippen molar-refractivity contribution in [3.05, 3.63) is 11.6 Å². The summed E-state index contributed by atoms with van der Waals surface area (Å²) in [7, 11) is 0. The van der Waals surface area contributed by atoms with Crippen LogP contribution >= 0.6 is 0 Å². The molecule has 0 aromatic carbocycles. The molecule has 12 N–H and O–H groups in total. The quantitative estimate of drug-likeness (QED) is 0.0932. The number of hydrogen-bond donors (Lipinski definition) is 12. The fourth-order valence-corrected chi connectivity index (χ4v) is 14.8. The molecule has 5 aliphatic carbocycles. The predicted octanol–water partition coefficient (Wildman–Crippen LogP) is -1.42. The van der Waals surface area contributed by atoms with Gasteiger partial charge in [-0.3, -0.25) is 4.79 Å². The van der Waals surface area contributed by atoms with Crippen LogP contribution in [0.1, 0.15) is 92.9 Å². The molecule has 66 heavy (non-hydrogen) atoms. The summed E-state index contributed by atoms with van der Waals surface area (Å²) in [4.78, 5) is 15.0. The maximum Gasteiger partial charge on any atom is 0.315 e. The van der Waals surface area contributed by atoms with Gasteiger partial charge in [0, 0.05) is 12.5 Å². The van der Waals surface area contributed by atoms with Crippen molar-refractivity contribution in [2.24, 2.45) is 57.2 Å². The lowest BCUT2D eigenvalue weighted by Gasteiger charge is -2.70. The highest BCUT2D eigenvalue weighted by molar-refractivity contribution is 5.79. The third-order valence-corrected chi connectivity index (χ3v) is 19.2. The number of aliphatic hydroxyl groups excluding tert-OH is 12. The van der Waals surface area contributed by atoms with Gasteiger partial charge in [-0.1, -0.05) is 46.3 Å². The van der Waals surface area contributed by atoms with Crippen LogP contribution in [0, 0.1) is 57.2 Å². The summed E-state index contributed by atoms with van der Waals surface area (Å²) >= 11 is 0.